The molecule has 2 aromatic carbocycles. The van der Waals surface area contributed by atoms with Gasteiger partial charge in [0.2, 0.25) is 0 Å². The minimum Gasteiger partial charge on any atom is -0.340 e. The number of hydrogen-bond donors (Lipinski definition) is 1. The predicted molar refractivity (Wildman–Crippen MR) is 125 cm³/mol. The Morgan fingerprint density at radius 3 is 2.43 bits per heavy atom. The number of hydrogen-bond acceptors (Lipinski definition) is 4. The molecule has 2 aromatic rings. The zero-order valence-corrected chi connectivity index (χ0v) is 19.8. The summed E-state index contributed by atoms with van der Waals surface area (Å²) in [4.78, 5) is 4.92. The van der Waals surface area contributed by atoms with Gasteiger partial charge in [0.15, 0.2) is 0 Å². The standard InChI is InChI=1S/C24H31ClN3OS/c1-23(2)15-18(16-24(3,4)28(23)29)26-12-7-13-27-19-8-5-6-9-21(19)30-22-11-10-17(25)14-20(22)27/h5-6,8-11,14,18,26H,7,12-13,15-16H2,1-4H3. The predicted octanol–water partition coefficient (Wildman–Crippen LogP) is 6.29. The fraction of sp³-hybridized carbons (Fsp3) is 0.500. The van der Waals surface area contributed by atoms with Crippen LogP contribution in [0.15, 0.2) is 52.3 Å². The lowest BCUT2D eigenvalue weighted by atomic mass is 9.79. The lowest BCUT2D eigenvalue weighted by molar-refractivity contribution is -0.290. The van der Waals surface area contributed by atoms with Gasteiger partial charge in [0, 0.05) is 38.5 Å². The average Bonchev–Trinajstić information content (AvgIpc) is 2.68. The Bertz CT molecular complexity index is 899. The fourth-order valence-electron chi connectivity index (χ4n) is 4.99. The molecule has 2 aliphatic rings. The molecule has 1 fully saturated rings. The van der Waals surface area contributed by atoms with Crippen LogP contribution in [0, 0.1) is 0 Å². The number of para-hydroxylation sites is 1. The van der Waals surface area contributed by atoms with Gasteiger partial charge in [-0.2, -0.15) is 0 Å². The molecule has 30 heavy (non-hydrogen) atoms. The van der Waals surface area contributed by atoms with Crippen LogP contribution < -0.4 is 10.2 Å². The van der Waals surface area contributed by atoms with E-state index in [1.165, 1.54) is 26.2 Å². The first kappa shape index (κ1) is 22.0. The Kier molecular flexibility index (Phi) is 6.12. The van der Waals surface area contributed by atoms with Crippen molar-refractivity contribution >= 4 is 34.7 Å². The maximum atomic E-state index is 12.6. The van der Waals surface area contributed by atoms with Gasteiger partial charge in [-0.1, -0.05) is 35.5 Å². The molecule has 6 heteroatoms. The van der Waals surface area contributed by atoms with Crippen LogP contribution >= 0.6 is 23.4 Å². The molecule has 0 unspecified atom stereocenters. The van der Waals surface area contributed by atoms with Crippen molar-refractivity contribution in [2.24, 2.45) is 0 Å². The minimum atomic E-state index is -0.335. The third-order valence-electron chi connectivity index (χ3n) is 6.17. The van der Waals surface area contributed by atoms with Gasteiger partial charge in [-0.15, -0.1) is 10.3 Å². The molecular formula is C24H31ClN3OS. The van der Waals surface area contributed by atoms with E-state index in [0.29, 0.717) is 6.04 Å². The van der Waals surface area contributed by atoms with Gasteiger partial charge in [-0.3, -0.25) is 0 Å². The first-order valence-electron chi connectivity index (χ1n) is 10.7. The van der Waals surface area contributed by atoms with Gasteiger partial charge in [0.1, 0.15) is 0 Å². The molecule has 1 saturated heterocycles. The summed E-state index contributed by atoms with van der Waals surface area (Å²) in [5.74, 6) is 0. The highest BCUT2D eigenvalue weighted by molar-refractivity contribution is 7.99. The second-order valence-corrected chi connectivity index (χ2v) is 11.2. The number of rotatable bonds is 5. The Morgan fingerprint density at radius 1 is 1.03 bits per heavy atom. The van der Waals surface area contributed by atoms with E-state index >= 15 is 0 Å². The van der Waals surface area contributed by atoms with Crippen LogP contribution in [-0.4, -0.2) is 35.3 Å². The molecule has 2 heterocycles. The number of hydroxylamine groups is 2. The van der Waals surface area contributed by atoms with Gasteiger partial charge in [-0.25, -0.2) is 0 Å². The molecule has 0 aromatic heterocycles. The van der Waals surface area contributed by atoms with E-state index < -0.39 is 0 Å². The molecule has 4 nitrogen and oxygen atoms in total. The molecule has 1 N–H and O–H groups in total. The lowest BCUT2D eigenvalue weighted by Crippen LogP contribution is -2.61. The molecule has 0 atom stereocenters. The largest absolute Gasteiger partial charge is 0.340 e. The van der Waals surface area contributed by atoms with E-state index in [1.807, 2.05) is 6.07 Å². The van der Waals surface area contributed by atoms with Crippen LogP contribution in [0.3, 0.4) is 0 Å². The number of nitrogens with zero attached hydrogens (tertiary/aromatic N) is 2. The van der Waals surface area contributed by atoms with E-state index in [-0.39, 0.29) is 11.1 Å². The van der Waals surface area contributed by atoms with Gasteiger partial charge in [0.05, 0.1) is 11.4 Å². The van der Waals surface area contributed by atoms with Crippen LogP contribution in [-0.2, 0) is 5.21 Å². The van der Waals surface area contributed by atoms with Gasteiger partial charge < -0.3 is 10.2 Å². The highest BCUT2D eigenvalue weighted by Crippen LogP contribution is 2.48. The number of halogens is 1. The summed E-state index contributed by atoms with van der Waals surface area (Å²) in [5.41, 5.74) is 1.77. The first-order valence-corrected chi connectivity index (χ1v) is 11.9. The monoisotopic (exact) mass is 444 g/mol. The molecule has 0 spiro atoms. The summed E-state index contributed by atoms with van der Waals surface area (Å²) in [6, 6.07) is 15.1. The number of benzene rings is 2. The smallest absolute Gasteiger partial charge is 0.0567 e. The van der Waals surface area contributed by atoms with Gasteiger partial charge >= 0.3 is 0 Å². The van der Waals surface area contributed by atoms with Crippen LogP contribution in [0.25, 0.3) is 0 Å². The molecule has 0 aliphatic carbocycles. The van der Waals surface area contributed by atoms with Crippen molar-refractivity contribution in [3.63, 3.8) is 0 Å². The fourth-order valence-corrected chi connectivity index (χ4v) is 6.24. The van der Waals surface area contributed by atoms with Gasteiger partial charge in [0.25, 0.3) is 0 Å². The van der Waals surface area contributed by atoms with Crippen LogP contribution in [0.2, 0.25) is 5.02 Å². The van der Waals surface area contributed by atoms with Crippen molar-refractivity contribution in [3.8, 4) is 0 Å². The Labute approximate surface area is 189 Å². The number of piperidine rings is 1. The molecular weight excluding hydrogens is 414 g/mol. The van der Waals surface area contributed by atoms with Crippen molar-refractivity contribution in [2.75, 3.05) is 18.0 Å². The molecule has 4 rings (SSSR count). The maximum absolute atomic E-state index is 12.6. The third kappa shape index (κ3) is 4.37. The zero-order chi connectivity index (χ0) is 21.5. The van der Waals surface area contributed by atoms with Crippen LogP contribution in [0.1, 0.15) is 47.0 Å². The van der Waals surface area contributed by atoms with E-state index in [4.69, 9.17) is 11.6 Å². The molecule has 0 bridgehead atoms. The van der Waals surface area contributed by atoms with Gasteiger partial charge in [-0.05, 0) is 83.8 Å². The quantitative estimate of drug-likeness (QED) is 0.550. The molecule has 161 valence electrons. The number of fused-ring (bicyclic) bond motifs is 2. The van der Waals surface area contributed by atoms with E-state index in [0.717, 1.165) is 37.4 Å². The van der Waals surface area contributed by atoms with Crippen LogP contribution in [0.4, 0.5) is 11.4 Å². The van der Waals surface area contributed by atoms with Crippen molar-refractivity contribution in [2.45, 2.75) is 73.9 Å². The van der Waals surface area contributed by atoms with Crippen molar-refractivity contribution in [3.05, 3.63) is 47.5 Å². The topological polar surface area (TPSA) is 38.4 Å². The van der Waals surface area contributed by atoms with E-state index in [2.05, 4.69) is 74.3 Å². The molecule has 0 saturated carbocycles. The summed E-state index contributed by atoms with van der Waals surface area (Å²) >= 11 is 8.13. The van der Waals surface area contributed by atoms with Crippen molar-refractivity contribution < 1.29 is 5.21 Å². The first-order chi connectivity index (χ1) is 14.2. The minimum absolute atomic E-state index is 0.335. The van der Waals surface area contributed by atoms with Crippen molar-refractivity contribution in [1.82, 2.24) is 10.4 Å². The molecule has 1 radical (unpaired) electrons. The zero-order valence-electron chi connectivity index (χ0n) is 18.2. The normalized spacial score (nSPS) is 20.7. The summed E-state index contributed by atoms with van der Waals surface area (Å²) in [6.07, 6.45) is 2.77. The Morgan fingerprint density at radius 2 is 1.70 bits per heavy atom. The molecule has 0 amide bonds. The molecule has 2 aliphatic heterocycles. The van der Waals surface area contributed by atoms with E-state index in [9.17, 15) is 5.21 Å². The van der Waals surface area contributed by atoms with Crippen molar-refractivity contribution in [1.29, 1.82) is 0 Å². The number of nitrogens with one attached hydrogen (secondary N) is 1. The highest BCUT2D eigenvalue weighted by atomic mass is 35.5. The highest BCUT2D eigenvalue weighted by Gasteiger charge is 2.45. The van der Waals surface area contributed by atoms with E-state index in [1.54, 1.807) is 11.8 Å². The SMILES string of the molecule is CC1(C)CC(NCCCN2c3ccccc3Sc3ccc(Cl)cc32)CC(C)(C)N1[O]. The summed E-state index contributed by atoms with van der Waals surface area (Å²) < 4.78 is 0. The average molecular weight is 445 g/mol. The second kappa shape index (κ2) is 8.36. The third-order valence-corrected chi connectivity index (χ3v) is 7.54. The summed E-state index contributed by atoms with van der Waals surface area (Å²) in [5, 5.41) is 18.4. The second-order valence-electron chi connectivity index (χ2n) is 9.67. The van der Waals surface area contributed by atoms with Crippen LogP contribution in [0.5, 0.6) is 0 Å². The lowest BCUT2D eigenvalue weighted by Gasteiger charge is -2.50. The Hall–Kier alpha value is -1.24. The number of anilines is 2. The summed E-state index contributed by atoms with van der Waals surface area (Å²) in [6.45, 7) is 10.1. The Balaban J connectivity index is 1.42. The maximum Gasteiger partial charge on any atom is 0.0567 e. The summed E-state index contributed by atoms with van der Waals surface area (Å²) in [7, 11) is 0.